The van der Waals surface area contributed by atoms with Crippen LogP contribution in [0, 0.1) is 6.92 Å². The lowest BCUT2D eigenvalue weighted by molar-refractivity contribution is -0.121. The van der Waals surface area contributed by atoms with E-state index in [1.807, 2.05) is 6.92 Å². The Morgan fingerprint density at radius 2 is 1.92 bits per heavy atom. The fourth-order valence-corrected chi connectivity index (χ4v) is 4.43. The number of benzene rings is 1. The number of methoxy groups -OCH3 is 1. The van der Waals surface area contributed by atoms with Gasteiger partial charge < -0.3 is 9.47 Å². The van der Waals surface area contributed by atoms with Crippen LogP contribution in [0.2, 0.25) is 0 Å². The number of sulfonamides is 1. The third-order valence-electron chi connectivity index (χ3n) is 3.68. The molecule has 0 N–H and O–H groups in total. The van der Waals surface area contributed by atoms with E-state index in [1.54, 1.807) is 33.1 Å². The van der Waals surface area contributed by atoms with Crippen molar-refractivity contribution in [1.82, 2.24) is 4.31 Å². The number of carbonyl (C=O) groups excluding carboxylic acids is 1. The summed E-state index contributed by atoms with van der Waals surface area (Å²) >= 11 is 0. The molecule has 136 valence electrons. The average molecular weight is 357 g/mol. The number of rotatable bonds is 10. The van der Waals surface area contributed by atoms with Crippen molar-refractivity contribution in [1.29, 1.82) is 0 Å². The molecule has 0 aliphatic heterocycles. The molecule has 0 aliphatic rings. The molecule has 0 amide bonds. The number of likely N-dealkylation sites (N-methyl/N-ethyl adjacent to an activating group) is 1. The van der Waals surface area contributed by atoms with Crippen molar-refractivity contribution in [3.05, 3.63) is 23.3 Å². The number of nitrogens with zero attached hydrogens (tertiary/aromatic N) is 1. The fraction of sp³-hybridized carbons (Fsp3) is 0.588. The molecule has 6 nitrogen and oxygen atoms in total. The first-order valence-corrected chi connectivity index (χ1v) is 9.46. The van der Waals surface area contributed by atoms with Crippen LogP contribution in [0.5, 0.6) is 5.75 Å². The van der Waals surface area contributed by atoms with Crippen LogP contribution in [0.25, 0.3) is 0 Å². The molecule has 7 heteroatoms. The van der Waals surface area contributed by atoms with Gasteiger partial charge in [0, 0.05) is 13.1 Å². The van der Waals surface area contributed by atoms with Crippen molar-refractivity contribution in [2.75, 3.05) is 33.4 Å². The van der Waals surface area contributed by atoms with E-state index in [0.717, 1.165) is 5.56 Å². The number of carbonyl (C=O) groups is 1. The van der Waals surface area contributed by atoms with Crippen molar-refractivity contribution in [3.8, 4) is 5.75 Å². The highest BCUT2D eigenvalue weighted by molar-refractivity contribution is 7.89. The monoisotopic (exact) mass is 357 g/mol. The lowest BCUT2D eigenvalue weighted by Gasteiger charge is -2.23. The fourth-order valence-electron chi connectivity index (χ4n) is 2.52. The predicted octanol–water partition coefficient (Wildman–Crippen LogP) is 2.18. The average Bonchev–Trinajstić information content (AvgIpc) is 2.52. The van der Waals surface area contributed by atoms with E-state index in [0.29, 0.717) is 29.2 Å². The Bertz CT molecular complexity index is 670. The number of Topliss-reactive ketones (excluding diaryl/α,β-unsaturated/α-hetero) is 1. The van der Waals surface area contributed by atoms with Gasteiger partial charge in [0.15, 0.2) is 5.78 Å². The van der Waals surface area contributed by atoms with Crippen molar-refractivity contribution in [2.24, 2.45) is 0 Å². The molecule has 0 saturated carbocycles. The van der Waals surface area contributed by atoms with E-state index < -0.39 is 10.0 Å². The van der Waals surface area contributed by atoms with Crippen LogP contribution in [0.15, 0.2) is 17.0 Å². The van der Waals surface area contributed by atoms with E-state index >= 15 is 0 Å². The summed E-state index contributed by atoms with van der Waals surface area (Å²) in [5.74, 6) is 0.566. The summed E-state index contributed by atoms with van der Waals surface area (Å²) in [5.41, 5.74) is 1.39. The van der Waals surface area contributed by atoms with Gasteiger partial charge in [0.1, 0.15) is 12.4 Å². The standard InChI is InChI=1S/C17H27NO5S/c1-6-15-11-16(22-5)10-13(3)17(15)24(20,21)18(7-2)8-9-23-12-14(4)19/h10-11H,6-9,12H2,1-5H3. The lowest BCUT2D eigenvalue weighted by atomic mass is 10.1. The molecule has 1 aromatic carbocycles. The maximum Gasteiger partial charge on any atom is 0.243 e. The molecule has 0 fully saturated rings. The van der Waals surface area contributed by atoms with Crippen LogP contribution in [0.1, 0.15) is 31.9 Å². The summed E-state index contributed by atoms with van der Waals surface area (Å²) in [6, 6.07) is 3.49. The maximum absolute atomic E-state index is 13.1. The number of hydrogen-bond acceptors (Lipinski definition) is 5. The Hall–Kier alpha value is -1.44. The zero-order valence-corrected chi connectivity index (χ0v) is 15.9. The third-order valence-corrected chi connectivity index (χ3v) is 5.90. The molecule has 0 atom stereocenters. The number of aryl methyl sites for hydroxylation is 2. The summed E-state index contributed by atoms with van der Waals surface area (Å²) in [7, 11) is -2.07. The Morgan fingerprint density at radius 1 is 1.25 bits per heavy atom. The van der Waals surface area contributed by atoms with E-state index in [4.69, 9.17) is 9.47 Å². The van der Waals surface area contributed by atoms with Crippen molar-refractivity contribution < 1.29 is 22.7 Å². The van der Waals surface area contributed by atoms with Crippen LogP contribution in [-0.4, -0.2) is 51.9 Å². The van der Waals surface area contributed by atoms with Gasteiger partial charge in [0.25, 0.3) is 0 Å². The zero-order valence-electron chi connectivity index (χ0n) is 15.1. The molecule has 0 unspecified atom stereocenters. The van der Waals surface area contributed by atoms with E-state index in [-0.39, 0.29) is 25.5 Å². The first kappa shape index (κ1) is 20.6. The highest BCUT2D eigenvalue weighted by Gasteiger charge is 2.27. The van der Waals surface area contributed by atoms with E-state index in [9.17, 15) is 13.2 Å². The Kier molecular flexibility index (Phi) is 7.86. The van der Waals surface area contributed by atoms with Gasteiger partial charge in [-0.1, -0.05) is 13.8 Å². The number of ketones is 1. The highest BCUT2D eigenvalue weighted by Crippen LogP contribution is 2.29. The SMILES string of the molecule is CCc1cc(OC)cc(C)c1S(=O)(=O)N(CC)CCOCC(C)=O. The smallest absolute Gasteiger partial charge is 0.243 e. The molecule has 0 spiro atoms. The quantitative estimate of drug-likeness (QED) is 0.600. The molecule has 1 aromatic rings. The van der Waals surface area contributed by atoms with Crippen LogP contribution < -0.4 is 4.74 Å². The summed E-state index contributed by atoms with van der Waals surface area (Å²) in [5, 5.41) is 0. The topological polar surface area (TPSA) is 72.9 Å². The van der Waals surface area contributed by atoms with Gasteiger partial charge in [-0.2, -0.15) is 4.31 Å². The van der Waals surface area contributed by atoms with Crippen molar-refractivity contribution in [3.63, 3.8) is 0 Å². The Morgan fingerprint density at radius 3 is 2.42 bits per heavy atom. The minimum absolute atomic E-state index is 0.000620. The summed E-state index contributed by atoms with van der Waals surface area (Å²) in [4.78, 5) is 11.2. The van der Waals surface area contributed by atoms with E-state index in [1.165, 1.54) is 11.2 Å². The molecule has 0 heterocycles. The Labute approximate surface area is 144 Å². The minimum Gasteiger partial charge on any atom is -0.497 e. The summed E-state index contributed by atoms with van der Waals surface area (Å²) in [6.45, 7) is 7.63. The second-order valence-corrected chi connectivity index (χ2v) is 7.41. The Balaban J connectivity index is 3.10. The van der Waals surface area contributed by atoms with Gasteiger partial charge in [0.2, 0.25) is 10.0 Å². The molecule has 0 aliphatic carbocycles. The van der Waals surface area contributed by atoms with Gasteiger partial charge in [-0.25, -0.2) is 8.42 Å². The molecular formula is C17H27NO5S. The minimum atomic E-state index is -3.64. The largest absolute Gasteiger partial charge is 0.497 e. The normalized spacial score (nSPS) is 11.8. The van der Waals surface area contributed by atoms with Crippen LogP contribution in [-0.2, 0) is 26.0 Å². The highest BCUT2D eigenvalue weighted by atomic mass is 32.2. The van der Waals surface area contributed by atoms with Gasteiger partial charge in [-0.15, -0.1) is 0 Å². The van der Waals surface area contributed by atoms with Crippen LogP contribution in [0.4, 0.5) is 0 Å². The van der Waals surface area contributed by atoms with Crippen LogP contribution in [0.3, 0.4) is 0 Å². The second kappa shape index (κ2) is 9.15. The molecule has 0 aromatic heterocycles. The van der Waals surface area contributed by atoms with E-state index in [2.05, 4.69) is 0 Å². The van der Waals surface area contributed by atoms with Gasteiger partial charge in [-0.3, -0.25) is 4.79 Å². The number of hydrogen-bond donors (Lipinski definition) is 0. The molecular weight excluding hydrogens is 330 g/mol. The van der Waals surface area contributed by atoms with Crippen LogP contribution >= 0.6 is 0 Å². The van der Waals surface area contributed by atoms with Gasteiger partial charge in [0.05, 0.1) is 18.6 Å². The maximum atomic E-state index is 13.1. The second-order valence-electron chi connectivity index (χ2n) is 5.54. The third kappa shape index (κ3) is 5.03. The molecule has 24 heavy (non-hydrogen) atoms. The first-order chi connectivity index (χ1) is 11.3. The van der Waals surface area contributed by atoms with Crippen molar-refractivity contribution in [2.45, 2.75) is 39.0 Å². The molecule has 1 rings (SSSR count). The molecule has 0 radical (unpaired) electrons. The van der Waals surface area contributed by atoms with Gasteiger partial charge in [-0.05, 0) is 43.5 Å². The number of ether oxygens (including phenoxy) is 2. The van der Waals surface area contributed by atoms with Crippen molar-refractivity contribution >= 4 is 15.8 Å². The summed E-state index contributed by atoms with van der Waals surface area (Å²) in [6.07, 6.45) is 0.588. The molecule has 0 saturated heterocycles. The first-order valence-electron chi connectivity index (χ1n) is 8.02. The molecule has 0 bridgehead atoms. The predicted molar refractivity (Wildman–Crippen MR) is 93.0 cm³/mol. The zero-order chi connectivity index (χ0) is 18.3. The summed E-state index contributed by atoms with van der Waals surface area (Å²) < 4.78 is 37.9. The lowest BCUT2D eigenvalue weighted by Crippen LogP contribution is -2.35. The van der Waals surface area contributed by atoms with Gasteiger partial charge >= 0.3 is 0 Å².